The van der Waals surface area contributed by atoms with Crippen molar-refractivity contribution >= 4 is 86.4 Å². The van der Waals surface area contributed by atoms with Gasteiger partial charge in [0.05, 0.1) is 0 Å². The minimum absolute atomic E-state index is 0. The van der Waals surface area contributed by atoms with Crippen LogP contribution in [0.25, 0.3) is 0 Å². The predicted molar refractivity (Wildman–Crippen MR) is 32.9 cm³/mol. The van der Waals surface area contributed by atoms with Gasteiger partial charge in [-0.25, -0.2) is 0 Å². The molecule has 0 heterocycles. The van der Waals surface area contributed by atoms with Gasteiger partial charge in [0, 0.05) is 0 Å². The fraction of sp³-hybridized carbons (Fsp3) is 0. The van der Waals surface area contributed by atoms with Crippen molar-refractivity contribution in [2.45, 2.75) is 0 Å². The third-order valence-electron chi connectivity index (χ3n) is 0. The fourth-order valence-electron chi connectivity index (χ4n) is 0. The van der Waals surface area contributed by atoms with Crippen molar-refractivity contribution in [2.75, 3.05) is 0 Å². The van der Waals surface area contributed by atoms with E-state index in [1.807, 2.05) is 0 Å². The van der Waals surface area contributed by atoms with E-state index in [0.29, 0.717) is 0 Å². The Morgan fingerprint density at radius 1 is 0.364 bits per heavy atom. The van der Waals surface area contributed by atoms with Gasteiger partial charge in [0.2, 0.25) is 0 Å². The molecular formula is H8Ca2F8Si. The summed E-state index contributed by atoms with van der Waals surface area (Å²) in [6.07, 6.45) is 0. The Balaban J connectivity index is 0. The second-order valence-electron chi connectivity index (χ2n) is 0. The molecule has 0 amide bonds. The topological polar surface area (TPSA) is 0 Å². The first-order chi connectivity index (χ1) is 0. The average Bonchev–Trinajstić information content (AvgIpc) is 0. The molecule has 0 bridgehead atoms. The first kappa shape index (κ1) is 412. The smallest absolute Gasteiger partial charge is 1.00 e. The molecule has 0 unspecified atom stereocenters. The molecule has 0 aromatic carbocycles. The molecule has 0 N–H and O–H groups in total. The van der Waals surface area contributed by atoms with Gasteiger partial charge in [0.25, 0.3) is 0 Å². The SMILES string of the molecule is F.F.F.F.[Ca+2].[Ca+2].[F-].[F-].[F-].[F-].[SiH4]. The van der Waals surface area contributed by atoms with Crippen molar-refractivity contribution in [3.63, 3.8) is 0 Å². The van der Waals surface area contributed by atoms with Crippen LogP contribution in [0, 0.1) is 0 Å². The molecule has 11 heavy (non-hydrogen) atoms. The molecule has 0 nitrogen and oxygen atoms in total. The molecule has 0 aromatic rings. The van der Waals surface area contributed by atoms with E-state index in [4.69, 9.17) is 0 Å². The predicted octanol–water partition coefficient (Wildman–Crippen LogP) is -13.6. The van der Waals surface area contributed by atoms with E-state index >= 15 is 0 Å². The normalized spacial score (nSPS) is 0. The third-order valence-corrected chi connectivity index (χ3v) is 0. The van der Waals surface area contributed by atoms with Gasteiger partial charge in [-0.15, -0.1) is 0 Å². The van der Waals surface area contributed by atoms with Crippen LogP contribution in [0.1, 0.15) is 0 Å². The number of halogens is 8. The summed E-state index contributed by atoms with van der Waals surface area (Å²) in [7, 11) is 0. The number of hydrogen-bond acceptors (Lipinski definition) is 0. The van der Waals surface area contributed by atoms with Gasteiger partial charge in [0.1, 0.15) is 0 Å². The maximum atomic E-state index is 0. The Kier molecular flexibility index (Phi) is 12000. The molecule has 0 aliphatic carbocycles. The maximum absolute atomic E-state index is 0. The molecule has 0 spiro atoms. The van der Waals surface area contributed by atoms with E-state index in [-0.39, 0.29) is 124 Å². The van der Waals surface area contributed by atoms with Crippen LogP contribution in [-0.2, 0) is 0 Å². The van der Waals surface area contributed by atoms with Crippen LogP contribution < -0.4 is 18.8 Å². The third kappa shape index (κ3) is 266. The molecule has 0 saturated heterocycles. The van der Waals surface area contributed by atoms with Gasteiger partial charge < -0.3 is 18.8 Å². The quantitative estimate of drug-likeness (QED) is 0.302. The molecule has 0 rings (SSSR count). The second kappa shape index (κ2) is 321. The molecule has 0 aromatic heterocycles. The number of rotatable bonds is 0. The Hall–Kier alpha value is 2.18. The second-order valence-corrected chi connectivity index (χ2v) is 0. The van der Waals surface area contributed by atoms with Crippen LogP contribution in [0.4, 0.5) is 18.8 Å². The zero-order chi connectivity index (χ0) is 0. The first-order valence-electron chi connectivity index (χ1n) is 0. The Morgan fingerprint density at radius 2 is 0.364 bits per heavy atom. The van der Waals surface area contributed by atoms with E-state index < -0.39 is 0 Å². The summed E-state index contributed by atoms with van der Waals surface area (Å²) in [4.78, 5) is 0. The van der Waals surface area contributed by atoms with Crippen LogP contribution in [-0.4, -0.2) is 86.4 Å². The minimum atomic E-state index is 0. The van der Waals surface area contributed by atoms with Crippen LogP contribution in [0.15, 0.2) is 0 Å². The van der Waals surface area contributed by atoms with Crippen LogP contribution in [0.5, 0.6) is 0 Å². The van der Waals surface area contributed by atoms with Crippen LogP contribution in [0.3, 0.4) is 0 Å². The largest absolute Gasteiger partial charge is 2.00 e. The van der Waals surface area contributed by atoms with Gasteiger partial charge in [-0.2, -0.15) is 0 Å². The van der Waals surface area contributed by atoms with Gasteiger partial charge in [0.15, 0.2) is 0 Å². The average molecular weight is 268 g/mol. The van der Waals surface area contributed by atoms with Crippen molar-refractivity contribution in [3.05, 3.63) is 0 Å². The Labute approximate surface area is 122 Å². The summed E-state index contributed by atoms with van der Waals surface area (Å²) in [5.41, 5.74) is 0. The van der Waals surface area contributed by atoms with E-state index in [1.165, 1.54) is 0 Å². The summed E-state index contributed by atoms with van der Waals surface area (Å²) < 4.78 is 0. The zero-order valence-electron chi connectivity index (χ0n) is 4.56. The van der Waals surface area contributed by atoms with E-state index in [0.717, 1.165) is 0 Å². The van der Waals surface area contributed by atoms with E-state index in [2.05, 4.69) is 0 Å². The molecule has 11 heteroatoms. The standard InChI is InChI=1S/2Ca.8FH.H4Si/h;;8*1H;1H4/q2*+2;;;;;;;;;/p-4. The molecular weight excluding hydrogens is 260 g/mol. The molecule has 72 valence electrons. The van der Waals surface area contributed by atoms with Gasteiger partial charge in [-0.1, -0.05) is 0 Å². The summed E-state index contributed by atoms with van der Waals surface area (Å²) in [6.45, 7) is 0. The molecule has 0 radical (unpaired) electrons. The monoisotopic (exact) mass is 268 g/mol. The van der Waals surface area contributed by atoms with Crippen LogP contribution in [0.2, 0.25) is 0 Å². The fourth-order valence-corrected chi connectivity index (χ4v) is 0. The van der Waals surface area contributed by atoms with Crippen LogP contribution >= 0.6 is 0 Å². The van der Waals surface area contributed by atoms with Crippen molar-refractivity contribution in [1.29, 1.82) is 0 Å². The van der Waals surface area contributed by atoms with Gasteiger partial charge >= 0.3 is 75.5 Å². The number of hydrogen-bond donors (Lipinski definition) is 0. The molecule has 0 aliphatic rings. The van der Waals surface area contributed by atoms with Crippen molar-refractivity contribution in [3.8, 4) is 0 Å². The van der Waals surface area contributed by atoms with Crippen molar-refractivity contribution in [1.82, 2.24) is 0 Å². The summed E-state index contributed by atoms with van der Waals surface area (Å²) in [5, 5.41) is 0. The summed E-state index contributed by atoms with van der Waals surface area (Å²) in [5.74, 6) is 0. The minimum Gasteiger partial charge on any atom is -1.00 e. The van der Waals surface area contributed by atoms with E-state index in [1.54, 1.807) is 0 Å². The summed E-state index contributed by atoms with van der Waals surface area (Å²) in [6, 6.07) is 0. The first-order valence-corrected chi connectivity index (χ1v) is 0. The molecule has 0 saturated carbocycles. The summed E-state index contributed by atoms with van der Waals surface area (Å²) >= 11 is 0. The van der Waals surface area contributed by atoms with Crippen molar-refractivity contribution in [2.24, 2.45) is 0 Å². The van der Waals surface area contributed by atoms with Gasteiger partial charge in [-0.05, 0) is 11.0 Å². The zero-order valence-corrected chi connectivity index (χ0v) is 8.98. The molecule has 0 atom stereocenters. The Morgan fingerprint density at radius 3 is 0.364 bits per heavy atom. The maximum Gasteiger partial charge on any atom is 2.00 e. The Bertz CT molecular complexity index is 12.1. The van der Waals surface area contributed by atoms with Crippen molar-refractivity contribution < 1.29 is 37.6 Å². The molecule has 0 aliphatic heterocycles. The van der Waals surface area contributed by atoms with Gasteiger partial charge in [-0.3, -0.25) is 18.8 Å². The van der Waals surface area contributed by atoms with E-state index in [9.17, 15) is 0 Å². The molecule has 0 fully saturated rings.